The van der Waals surface area contributed by atoms with Crippen molar-refractivity contribution in [2.75, 3.05) is 7.05 Å². The van der Waals surface area contributed by atoms with Gasteiger partial charge in [-0.3, -0.25) is 14.3 Å². The maximum absolute atomic E-state index is 11.1. The normalized spacial score (nSPS) is 9.79. The van der Waals surface area contributed by atoms with Crippen LogP contribution in [-0.4, -0.2) is 33.8 Å². The Labute approximate surface area is 80.5 Å². The number of aliphatic carboxylic acids is 1. The first-order valence-electron chi connectivity index (χ1n) is 4.10. The minimum Gasteiger partial charge on any atom is -0.481 e. The molecular formula is C8H11N3O3. The first-order chi connectivity index (χ1) is 6.63. The summed E-state index contributed by atoms with van der Waals surface area (Å²) in [4.78, 5) is 21.3. The van der Waals surface area contributed by atoms with Gasteiger partial charge in [-0.1, -0.05) is 0 Å². The highest BCUT2D eigenvalue weighted by atomic mass is 16.4. The molecule has 1 aromatic heterocycles. The fourth-order valence-electron chi connectivity index (χ4n) is 0.958. The van der Waals surface area contributed by atoms with Crippen molar-refractivity contribution in [3.63, 3.8) is 0 Å². The summed E-state index contributed by atoms with van der Waals surface area (Å²) in [7, 11) is 1.52. The van der Waals surface area contributed by atoms with Gasteiger partial charge in [0.2, 0.25) is 0 Å². The molecule has 6 nitrogen and oxygen atoms in total. The van der Waals surface area contributed by atoms with E-state index in [1.807, 2.05) is 0 Å². The zero-order chi connectivity index (χ0) is 10.6. The number of nitrogens with one attached hydrogen (secondary N) is 1. The highest BCUT2D eigenvalue weighted by Gasteiger charge is 2.06. The molecule has 0 spiro atoms. The van der Waals surface area contributed by atoms with Crippen LogP contribution in [0.5, 0.6) is 0 Å². The second kappa shape index (κ2) is 4.40. The van der Waals surface area contributed by atoms with Crippen molar-refractivity contribution in [2.24, 2.45) is 0 Å². The zero-order valence-corrected chi connectivity index (χ0v) is 7.73. The van der Waals surface area contributed by atoms with Crippen molar-refractivity contribution in [3.05, 3.63) is 18.0 Å². The van der Waals surface area contributed by atoms with Gasteiger partial charge in [0.1, 0.15) is 0 Å². The molecule has 0 aliphatic carbocycles. The van der Waals surface area contributed by atoms with Gasteiger partial charge >= 0.3 is 5.97 Å². The molecule has 0 saturated heterocycles. The fraction of sp³-hybridized carbons (Fsp3) is 0.375. The second-order valence-electron chi connectivity index (χ2n) is 2.71. The van der Waals surface area contributed by atoms with Crippen molar-refractivity contribution in [1.29, 1.82) is 0 Å². The predicted octanol–water partition coefficient (Wildman–Crippen LogP) is -0.283. The summed E-state index contributed by atoms with van der Waals surface area (Å²) in [6.45, 7) is 0.270. The number of hydrogen-bond donors (Lipinski definition) is 2. The molecule has 6 heteroatoms. The standard InChI is InChI=1S/C8H11N3O3/c1-9-8(14)6-4-10-11(5-6)3-2-7(12)13/h4-5H,2-3H2,1H3,(H,9,14)(H,12,13). The molecule has 76 valence electrons. The smallest absolute Gasteiger partial charge is 0.305 e. The molecule has 0 aliphatic rings. The molecular weight excluding hydrogens is 186 g/mol. The Morgan fingerprint density at radius 2 is 2.36 bits per heavy atom. The Hall–Kier alpha value is -1.85. The molecule has 2 N–H and O–H groups in total. The Morgan fingerprint density at radius 3 is 2.93 bits per heavy atom. The molecule has 14 heavy (non-hydrogen) atoms. The zero-order valence-electron chi connectivity index (χ0n) is 7.73. The lowest BCUT2D eigenvalue weighted by Gasteiger charge is -1.96. The van der Waals surface area contributed by atoms with Gasteiger partial charge in [0, 0.05) is 13.2 Å². The number of aromatic nitrogens is 2. The van der Waals surface area contributed by atoms with Crippen LogP contribution in [0.25, 0.3) is 0 Å². The number of hydrogen-bond acceptors (Lipinski definition) is 3. The minimum atomic E-state index is -0.887. The number of nitrogens with zero attached hydrogens (tertiary/aromatic N) is 2. The van der Waals surface area contributed by atoms with Gasteiger partial charge in [0.25, 0.3) is 5.91 Å². The number of rotatable bonds is 4. The lowest BCUT2D eigenvalue weighted by atomic mass is 10.3. The number of amides is 1. The quantitative estimate of drug-likeness (QED) is 0.695. The Balaban J connectivity index is 2.59. The van der Waals surface area contributed by atoms with Gasteiger partial charge in [-0.2, -0.15) is 5.10 Å². The third kappa shape index (κ3) is 2.58. The maximum Gasteiger partial charge on any atom is 0.305 e. The lowest BCUT2D eigenvalue weighted by Crippen LogP contribution is -2.17. The Kier molecular flexibility index (Phi) is 3.22. The van der Waals surface area contributed by atoms with E-state index in [4.69, 9.17) is 5.11 Å². The van der Waals surface area contributed by atoms with E-state index in [9.17, 15) is 9.59 Å². The maximum atomic E-state index is 11.1. The number of carbonyl (C=O) groups excluding carboxylic acids is 1. The van der Waals surface area contributed by atoms with Crippen molar-refractivity contribution in [3.8, 4) is 0 Å². The number of aryl methyl sites for hydroxylation is 1. The SMILES string of the molecule is CNC(=O)c1cnn(CCC(=O)O)c1. The van der Waals surface area contributed by atoms with Crippen LogP contribution in [0.1, 0.15) is 16.8 Å². The summed E-state index contributed by atoms with van der Waals surface area (Å²) in [5, 5.41) is 14.7. The lowest BCUT2D eigenvalue weighted by molar-refractivity contribution is -0.137. The van der Waals surface area contributed by atoms with Crippen LogP contribution < -0.4 is 5.32 Å². The molecule has 1 rings (SSSR count). The number of carboxylic acid groups (broad SMARTS) is 1. The van der Waals surface area contributed by atoms with Gasteiger partial charge < -0.3 is 10.4 Å². The summed E-state index contributed by atoms with van der Waals surface area (Å²) >= 11 is 0. The molecule has 0 aliphatic heterocycles. The molecule has 0 atom stereocenters. The summed E-state index contributed by atoms with van der Waals surface area (Å²) in [6, 6.07) is 0. The molecule has 1 heterocycles. The van der Waals surface area contributed by atoms with Crippen LogP contribution in [0.2, 0.25) is 0 Å². The predicted molar refractivity (Wildman–Crippen MR) is 47.9 cm³/mol. The Morgan fingerprint density at radius 1 is 1.64 bits per heavy atom. The van der Waals surface area contributed by atoms with E-state index in [2.05, 4.69) is 10.4 Å². The van der Waals surface area contributed by atoms with Gasteiger partial charge in [0.05, 0.1) is 24.7 Å². The van der Waals surface area contributed by atoms with Gasteiger partial charge in [-0.05, 0) is 0 Å². The minimum absolute atomic E-state index is 0.00510. The van der Waals surface area contributed by atoms with Crippen molar-refractivity contribution >= 4 is 11.9 Å². The second-order valence-corrected chi connectivity index (χ2v) is 2.71. The third-order valence-electron chi connectivity index (χ3n) is 1.68. The first-order valence-corrected chi connectivity index (χ1v) is 4.10. The molecule has 1 amide bonds. The molecule has 0 aromatic carbocycles. The largest absolute Gasteiger partial charge is 0.481 e. The van der Waals surface area contributed by atoms with Crippen molar-refractivity contribution in [2.45, 2.75) is 13.0 Å². The van der Waals surface area contributed by atoms with Gasteiger partial charge in [-0.15, -0.1) is 0 Å². The highest BCUT2D eigenvalue weighted by Crippen LogP contribution is 1.98. The summed E-state index contributed by atoms with van der Waals surface area (Å²) < 4.78 is 1.43. The van der Waals surface area contributed by atoms with E-state index >= 15 is 0 Å². The van der Waals surface area contributed by atoms with Crippen molar-refractivity contribution < 1.29 is 14.7 Å². The van der Waals surface area contributed by atoms with E-state index in [1.165, 1.54) is 24.1 Å². The molecule has 0 bridgehead atoms. The monoisotopic (exact) mass is 197 g/mol. The molecule has 0 fully saturated rings. The summed E-state index contributed by atoms with van der Waals surface area (Å²) in [5.41, 5.74) is 0.429. The van der Waals surface area contributed by atoms with Crippen LogP contribution in [0, 0.1) is 0 Å². The average Bonchev–Trinajstić information content (AvgIpc) is 2.62. The van der Waals surface area contributed by atoms with Gasteiger partial charge in [0.15, 0.2) is 0 Å². The third-order valence-corrected chi connectivity index (χ3v) is 1.68. The van der Waals surface area contributed by atoms with E-state index in [-0.39, 0.29) is 18.9 Å². The fourth-order valence-corrected chi connectivity index (χ4v) is 0.958. The van der Waals surface area contributed by atoms with Crippen LogP contribution in [0.3, 0.4) is 0 Å². The summed E-state index contributed by atoms with van der Waals surface area (Å²) in [5.74, 6) is -1.12. The Bertz CT molecular complexity index is 345. The number of carboxylic acids is 1. The molecule has 0 saturated carbocycles. The van der Waals surface area contributed by atoms with Crippen LogP contribution in [-0.2, 0) is 11.3 Å². The van der Waals surface area contributed by atoms with E-state index in [0.29, 0.717) is 5.56 Å². The van der Waals surface area contributed by atoms with E-state index in [1.54, 1.807) is 0 Å². The summed E-state index contributed by atoms with van der Waals surface area (Å²) in [6.07, 6.45) is 2.91. The van der Waals surface area contributed by atoms with E-state index < -0.39 is 5.97 Å². The van der Waals surface area contributed by atoms with Crippen LogP contribution in [0.15, 0.2) is 12.4 Å². The average molecular weight is 197 g/mol. The molecule has 1 aromatic rings. The first kappa shape index (κ1) is 10.2. The highest BCUT2D eigenvalue weighted by molar-refractivity contribution is 5.93. The van der Waals surface area contributed by atoms with Crippen LogP contribution >= 0.6 is 0 Å². The molecule has 0 unspecified atom stereocenters. The topological polar surface area (TPSA) is 84.2 Å². The molecule has 0 radical (unpaired) electrons. The van der Waals surface area contributed by atoms with E-state index in [0.717, 1.165) is 0 Å². The van der Waals surface area contributed by atoms with Crippen molar-refractivity contribution in [1.82, 2.24) is 15.1 Å². The van der Waals surface area contributed by atoms with Crippen LogP contribution in [0.4, 0.5) is 0 Å². The van der Waals surface area contributed by atoms with Gasteiger partial charge in [-0.25, -0.2) is 0 Å². The number of carbonyl (C=O) groups is 2.